The lowest BCUT2D eigenvalue weighted by molar-refractivity contribution is 0.333. The van der Waals surface area contributed by atoms with Crippen LogP contribution in [0.2, 0.25) is 0 Å². The smallest absolute Gasteiger partial charge is 0.150 e. The van der Waals surface area contributed by atoms with E-state index in [-0.39, 0.29) is 5.92 Å². The Balaban J connectivity index is 2.06. The largest absolute Gasteiger partial charge is 0.314 e. The molecule has 1 aliphatic rings. The van der Waals surface area contributed by atoms with Crippen molar-refractivity contribution in [2.45, 2.75) is 32.7 Å². The first kappa shape index (κ1) is 17.0. The minimum atomic E-state index is -2.81. The van der Waals surface area contributed by atoms with E-state index in [2.05, 4.69) is 47.2 Å². The van der Waals surface area contributed by atoms with Gasteiger partial charge >= 0.3 is 0 Å². The van der Waals surface area contributed by atoms with Gasteiger partial charge in [0, 0.05) is 10.5 Å². The fourth-order valence-corrected chi connectivity index (χ4v) is 5.10. The molecule has 1 N–H and O–H groups in total. The normalized spacial score (nSPS) is 22.6. The van der Waals surface area contributed by atoms with Crippen LogP contribution >= 0.6 is 15.9 Å². The van der Waals surface area contributed by atoms with Crippen LogP contribution in [0, 0.1) is 11.8 Å². The third-order valence-electron chi connectivity index (χ3n) is 4.13. The molecule has 2 atom stereocenters. The Bertz CT molecular complexity index is 554. The van der Waals surface area contributed by atoms with Crippen LogP contribution in [0.4, 0.5) is 0 Å². The van der Waals surface area contributed by atoms with Gasteiger partial charge in [-0.05, 0) is 48.9 Å². The number of benzene rings is 1. The van der Waals surface area contributed by atoms with Crippen LogP contribution in [-0.4, -0.2) is 32.5 Å². The van der Waals surface area contributed by atoms with Gasteiger partial charge in [0.2, 0.25) is 0 Å². The van der Waals surface area contributed by atoms with Gasteiger partial charge in [0.1, 0.15) is 0 Å². The van der Waals surface area contributed by atoms with Gasteiger partial charge in [0.25, 0.3) is 0 Å². The van der Waals surface area contributed by atoms with Crippen LogP contribution in [0.15, 0.2) is 28.7 Å². The molecule has 1 saturated heterocycles. The molecular formula is C16H24BrNO2S. The third-order valence-corrected chi connectivity index (χ3v) is 6.46. The van der Waals surface area contributed by atoms with Gasteiger partial charge in [-0.1, -0.05) is 41.9 Å². The summed E-state index contributed by atoms with van der Waals surface area (Å²) in [5.41, 5.74) is 1.28. The summed E-state index contributed by atoms with van der Waals surface area (Å²) >= 11 is 3.45. The summed E-state index contributed by atoms with van der Waals surface area (Å²) in [5, 5.41) is 3.48. The molecular weight excluding hydrogens is 350 g/mol. The highest BCUT2D eigenvalue weighted by molar-refractivity contribution is 9.10. The molecule has 2 rings (SSSR count). The van der Waals surface area contributed by atoms with E-state index in [0.29, 0.717) is 23.5 Å². The molecule has 1 aromatic rings. The lowest BCUT2D eigenvalue weighted by Gasteiger charge is -2.24. The van der Waals surface area contributed by atoms with Crippen molar-refractivity contribution in [3.63, 3.8) is 0 Å². The molecule has 3 nitrogen and oxygen atoms in total. The van der Waals surface area contributed by atoms with E-state index in [1.54, 1.807) is 0 Å². The Kier molecular flexibility index (Phi) is 5.86. The Morgan fingerprint density at radius 3 is 2.48 bits per heavy atom. The molecule has 1 aliphatic heterocycles. The average Bonchev–Trinajstić information content (AvgIpc) is 2.77. The quantitative estimate of drug-likeness (QED) is 0.833. The zero-order chi connectivity index (χ0) is 15.5. The Labute approximate surface area is 136 Å². The minimum absolute atomic E-state index is 0.282. The average molecular weight is 374 g/mol. The first-order valence-electron chi connectivity index (χ1n) is 7.54. The number of hydrogen-bond donors (Lipinski definition) is 1. The molecule has 0 aliphatic carbocycles. The Morgan fingerprint density at radius 2 is 1.95 bits per heavy atom. The molecule has 0 amide bonds. The van der Waals surface area contributed by atoms with E-state index in [9.17, 15) is 8.42 Å². The van der Waals surface area contributed by atoms with E-state index >= 15 is 0 Å². The molecule has 1 aromatic carbocycles. The molecule has 0 bridgehead atoms. The van der Waals surface area contributed by atoms with E-state index in [1.165, 1.54) is 5.56 Å². The summed E-state index contributed by atoms with van der Waals surface area (Å²) in [6, 6.07) is 8.77. The summed E-state index contributed by atoms with van der Waals surface area (Å²) < 4.78 is 24.6. The van der Waals surface area contributed by atoms with Crippen LogP contribution in [0.3, 0.4) is 0 Å². The fourth-order valence-electron chi connectivity index (χ4n) is 2.91. The zero-order valence-corrected chi connectivity index (χ0v) is 15.1. The highest BCUT2D eigenvalue weighted by atomic mass is 79.9. The summed E-state index contributed by atoms with van der Waals surface area (Å²) in [6.45, 7) is 5.14. The number of hydrogen-bond acceptors (Lipinski definition) is 3. The van der Waals surface area contributed by atoms with Gasteiger partial charge in [0.05, 0.1) is 11.5 Å². The summed E-state index contributed by atoms with van der Waals surface area (Å²) in [7, 11) is -2.81. The van der Waals surface area contributed by atoms with E-state index in [0.717, 1.165) is 23.9 Å². The topological polar surface area (TPSA) is 46.2 Å². The molecule has 1 fully saturated rings. The molecule has 118 valence electrons. The van der Waals surface area contributed by atoms with Crippen LogP contribution in [0.5, 0.6) is 0 Å². The van der Waals surface area contributed by atoms with Crippen LogP contribution in [0.1, 0.15) is 25.8 Å². The predicted molar refractivity (Wildman–Crippen MR) is 91.2 cm³/mol. The summed E-state index contributed by atoms with van der Waals surface area (Å²) in [5.74, 6) is 1.38. The summed E-state index contributed by atoms with van der Waals surface area (Å²) in [6.07, 6.45) is 1.75. The number of halogens is 1. The van der Waals surface area contributed by atoms with E-state index in [1.807, 2.05) is 12.1 Å². The third kappa shape index (κ3) is 5.38. The maximum absolute atomic E-state index is 11.8. The van der Waals surface area contributed by atoms with Crippen molar-refractivity contribution < 1.29 is 8.42 Å². The highest BCUT2D eigenvalue weighted by Gasteiger charge is 2.33. The molecule has 0 aromatic heterocycles. The van der Waals surface area contributed by atoms with Crippen molar-refractivity contribution in [1.82, 2.24) is 5.32 Å². The van der Waals surface area contributed by atoms with Crippen LogP contribution in [-0.2, 0) is 16.3 Å². The van der Waals surface area contributed by atoms with Crippen molar-refractivity contribution >= 4 is 25.8 Å². The van der Waals surface area contributed by atoms with Gasteiger partial charge in [-0.3, -0.25) is 0 Å². The molecule has 0 saturated carbocycles. The molecule has 2 unspecified atom stereocenters. The van der Waals surface area contributed by atoms with Crippen molar-refractivity contribution in [3.8, 4) is 0 Å². The Hall–Kier alpha value is -0.390. The Morgan fingerprint density at radius 1 is 1.29 bits per heavy atom. The van der Waals surface area contributed by atoms with Crippen molar-refractivity contribution in [1.29, 1.82) is 0 Å². The fraction of sp³-hybridized carbons (Fsp3) is 0.625. The molecule has 5 heteroatoms. The maximum atomic E-state index is 11.8. The van der Waals surface area contributed by atoms with E-state index < -0.39 is 9.84 Å². The first-order chi connectivity index (χ1) is 9.85. The number of sulfone groups is 1. The maximum Gasteiger partial charge on any atom is 0.150 e. The highest BCUT2D eigenvalue weighted by Crippen LogP contribution is 2.28. The second-order valence-corrected chi connectivity index (χ2v) is 9.46. The van der Waals surface area contributed by atoms with Crippen LogP contribution < -0.4 is 5.32 Å². The monoisotopic (exact) mass is 373 g/mol. The lowest BCUT2D eigenvalue weighted by Crippen LogP contribution is -2.34. The van der Waals surface area contributed by atoms with Crippen molar-refractivity contribution in [3.05, 3.63) is 34.3 Å². The van der Waals surface area contributed by atoms with E-state index in [4.69, 9.17) is 0 Å². The van der Waals surface area contributed by atoms with Gasteiger partial charge in [-0.2, -0.15) is 0 Å². The lowest BCUT2D eigenvalue weighted by atomic mass is 9.86. The first-order valence-corrected chi connectivity index (χ1v) is 10.2. The summed E-state index contributed by atoms with van der Waals surface area (Å²) in [4.78, 5) is 0. The molecule has 0 radical (unpaired) electrons. The van der Waals surface area contributed by atoms with Gasteiger partial charge in [0.15, 0.2) is 9.84 Å². The molecule has 1 heterocycles. The second kappa shape index (κ2) is 7.25. The standard InChI is InChI=1S/C16H24BrNO2S/c1-12(2)18-10-15(14-7-8-21(19,20)11-14)9-13-3-5-16(17)6-4-13/h3-6,12,14-15,18H,7-11H2,1-2H3. The zero-order valence-electron chi connectivity index (χ0n) is 12.7. The molecule has 0 spiro atoms. The van der Waals surface area contributed by atoms with Crippen molar-refractivity contribution in [2.75, 3.05) is 18.1 Å². The minimum Gasteiger partial charge on any atom is -0.314 e. The number of rotatable bonds is 6. The number of nitrogens with one attached hydrogen (secondary N) is 1. The second-order valence-electron chi connectivity index (χ2n) is 6.32. The SMILES string of the molecule is CC(C)NCC(Cc1ccc(Br)cc1)C1CCS(=O)(=O)C1. The van der Waals surface area contributed by atoms with Crippen molar-refractivity contribution in [2.24, 2.45) is 11.8 Å². The van der Waals surface area contributed by atoms with Gasteiger partial charge < -0.3 is 5.32 Å². The predicted octanol–water partition coefficient (Wildman–Crippen LogP) is 3.04. The molecule has 21 heavy (non-hydrogen) atoms. The van der Waals surface area contributed by atoms with Gasteiger partial charge in [-0.15, -0.1) is 0 Å². The van der Waals surface area contributed by atoms with Gasteiger partial charge in [-0.25, -0.2) is 8.42 Å². The van der Waals surface area contributed by atoms with Crippen LogP contribution in [0.25, 0.3) is 0 Å².